The number of rotatable bonds is 5. The quantitative estimate of drug-likeness (QED) is 0.703. The van der Waals surface area contributed by atoms with Gasteiger partial charge in [0.1, 0.15) is 11.3 Å². The highest BCUT2D eigenvalue weighted by molar-refractivity contribution is 7.16. The third-order valence-corrected chi connectivity index (χ3v) is 6.13. The van der Waals surface area contributed by atoms with Crippen molar-refractivity contribution >= 4 is 27.2 Å². The number of ether oxygens (including phenoxy) is 2. The number of benzene rings is 2. The van der Waals surface area contributed by atoms with Crippen molar-refractivity contribution in [3.05, 3.63) is 41.4 Å². The molecule has 0 unspecified atom stereocenters. The lowest BCUT2D eigenvalue weighted by Crippen LogP contribution is -2.34. The Morgan fingerprint density at radius 2 is 1.89 bits per heavy atom. The van der Waals surface area contributed by atoms with Crippen LogP contribution in [0.4, 0.5) is 5.69 Å². The first-order valence-electron chi connectivity index (χ1n) is 9.20. The van der Waals surface area contributed by atoms with Crippen LogP contribution in [0.25, 0.3) is 10.2 Å². The minimum atomic E-state index is 0.274. The van der Waals surface area contributed by atoms with Crippen molar-refractivity contribution in [3.63, 3.8) is 0 Å². The third kappa shape index (κ3) is 3.67. The van der Waals surface area contributed by atoms with E-state index >= 15 is 0 Å². The Kier molecular flexibility index (Phi) is 5.07. The Balaban J connectivity index is 1.41. The molecule has 1 saturated heterocycles. The van der Waals surface area contributed by atoms with Gasteiger partial charge in [0, 0.05) is 24.8 Å². The van der Waals surface area contributed by atoms with Crippen LogP contribution in [0.1, 0.15) is 18.4 Å². The van der Waals surface area contributed by atoms with Crippen LogP contribution in [-0.4, -0.2) is 37.4 Å². The zero-order chi connectivity index (χ0) is 18.8. The van der Waals surface area contributed by atoms with Crippen LogP contribution >= 0.6 is 11.3 Å². The van der Waals surface area contributed by atoms with E-state index in [-0.39, 0.29) is 5.75 Å². The monoisotopic (exact) mass is 384 g/mol. The highest BCUT2D eigenvalue weighted by Gasteiger charge is 2.21. The summed E-state index contributed by atoms with van der Waals surface area (Å²) < 4.78 is 11.8. The fourth-order valence-corrected chi connectivity index (χ4v) is 4.58. The molecule has 2 heterocycles. The summed E-state index contributed by atoms with van der Waals surface area (Å²) in [5, 5.41) is 10.2. The van der Waals surface area contributed by atoms with E-state index in [2.05, 4.69) is 28.1 Å². The third-order valence-electron chi connectivity index (χ3n) is 5.35. The lowest BCUT2D eigenvalue weighted by molar-refractivity contribution is 0.353. The van der Waals surface area contributed by atoms with Crippen molar-refractivity contribution in [1.82, 2.24) is 4.98 Å². The standard InChI is InChI=1S/C21H24N2O3S/c1-25-18-4-3-15(10-19(18)26-2)9-14-5-7-23(8-6-14)16-11-17(24)21-20(12-16)27-13-22-21/h3-4,10-14,24H,5-9H2,1-2H3. The molecular weight excluding hydrogens is 360 g/mol. The predicted molar refractivity (Wildman–Crippen MR) is 109 cm³/mol. The zero-order valence-corrected chi connectivity index (χ0v) is 16.5. The van der Waals surface area contributed by atoms with Crippen LogP contribution in [0.5, 0.6) is 17.2 Å². The number of piperidine rings is 1. The second kappa shape index (κ2) is 7.64. The average molecular weight is 385 g/mol. The van der Waals surface area contributed by atoms with Gasteiger partial charge >= 0.3 is 0 Å². The topological polar surface area (TPSA) is 54.8 Å². The number of anilines is 1. The normalized spacial score (nSPS) is 15.3. The molecule has 1 aliphatic heterocycles. The van der Waals surface area contributed by atoms with Gasteiger partial charge in [-0.25, -0.2) is 4.98 Å². The van der Waals surface area contributed by atoms with Gasteiger partial charge in [0.2, 0.25) is 0 Å². The number of nitrogens with zero attached hydrogens (tertiary/aromatic N) is 2. The molecule has 27 heavy (non-hydrogen) atoms. The van der Waals surface area contributed by atoms with Crippen LogP contribution in [0.3, 0.4) is 0 Å². The van der Waals surface area contributed by atoms with Gasteiger partial charge in [-0.05, 0) is 48.9 Å². The smallest absolute Gasteiger partial charge is 0.160 e. The molecule has 6 heteroatoms. The minimum Gasteiger partial charge on any atom is -0.506 e. The number of hydrogen-bond acceptors (Lipinski definition) is 6. The fraction of sp³-hybridized carbons (Fsp3) is 0.381. The maximum Gasteiger partial charge on any atom is 0.160 e. The second-order valence-electron chi connectivity index (χ2n) is 6.99. The molecule has 0 radical (unpaired) electrons. The molecule has 1 aliphatic rings. The maximum atomic E-state index is 10.2. The van der Waals surface area contributed by atoms with Crippen LogP contribution in [-0.2, 0) is 6.42 Å². The molecule has 5 nitrogen and oxygen atoms in total. The molecule has 1 fully saturated rings. The van der Waals surface area contributed by atoms with E-state index in [0.717, 1.165) is 54.2 Å². The number of thiazole rings is 1. The van der Waals surface area contributed by atoms with Crippen LogP contribution in [0, 0.1) is 5.92 Å². The summed E-state index contributed by atoms with van der Waals surface area (Å²) in [6.07, 6.45) is 3.32. The molecule has 2 aromatic carbocycles. The maximum absolute atomic E-state index is 10.2. The largest absolute Gasteiger partial charge is 0.506 e. The molecule has 0 spiro atoms. The molecule has 0 amide bonds. The van der Waals surface area contributed by atoms with E-state index in [1.807, 2.05) is 12.1 Å². The Hall–Kier alpha value is -2.47. The number of aromatic nitrogens is 1. The molecule has 1 aromatic heterocycles. The van der Waals surface area contributed by atoms with Gasteiger partial charge in [-0.15, -0.1) is 11.3 Å². The van der Waals surface area contributed by atoms with Gasteiger partial charge in [0.05, 0.1) is 24.4 Å². The van der Waals surface area contributed by atoms with E-state index in [1.54, 1.807) is 31.1 Å². The lowest BCUT2D eigenvalue weighted by Gasteiger charge is -2.34. The second-order valence-corrected chi connectivity index (χ2v) is 7.87. The zero-order valence-electron chi connectivity index (χ0n) is 15.6. The van der Waals surface area contributed by atoms with Crippen molar-refractivity contribution < 1.29 is 14.6 Å². The van der Waals surface area contributed by atoms with Gasteiger partial charge in [-0.3, -0.25) is 0 Å². The molecule has 0 aliphatic carbocycles. The first-order chi connectivity index (χ1) is 13.2. The summed E-state index contributed by atoms with van der Waals surface area (Å²) in [5.41, 5.74) is 4.86. The van der Waals surface area contributed by atoms with E-state index in [1.165, 1.54) is 5.56 Å². The number of aromatic hydroxyl groups is 1. The van der Waals surface area contributed by atoms with E-state index < -0.39 is 0 Å². The van der Waals surface area contributed by atoms with Crippen molar-refractivity contribution in [3.8, 4) is 17.2 Å². The summed E-state index contributed by atoms with van der Waals surface area (Å²) in [6, 6.07) is 10.2. The number of phenols is 1. The summed E-state index contributed by atoms with van der Waals surface area (Å²) in [7, 11) is 3.34. The number of hydrogen-bond donors (Lipinski definition) is 1. The first-order valence-corrected chi connectivity index (χ1v) is 10.1. The molecule has 0 bridgehead atoms. The summed E-state index contributed by atoms with van der Waals surface area (Å²) >= 11 is 1.57. The number of phenolic OH excluding ortho intramolecular Hbond substituents is 1. The Morgan fingerprint density at radius 3 is 2.63 bits per heavy atom. The Labute approximate surface area is 163 Å². The number of fused-ring (bicyclic) bond motifs is 1. The summed E-state index contributed by atoms with van der Waals surface area (Å²) in [4.78, 5) is 6.59. The van der Waals surface area contributed by atoms with Crippen molar-refractivity contribution in [2.45, 2.75) is 19.3 Å². The van der Waals surface area contributed by atoms with Crippen molar-refractivity contribution in [1.29, 1.82) is 0 Å². The minimum absolute atomic E-state index is 0.274. The first kappa shape index (κ1) is 17.9. The molecule has 142 valence electrons. The molecule has 0 atom stereocenters. The van der Waals surface area contributed by atoms with Gasteiger partial charge in [-0.1, -0.05) is 6.07 Å². The Bertz CT molecular complexity index is 932. The van der Waals surface area contributed by atoms with Gasteiger partial charge in [0.15, 0.2) is 11.5 Å². The Morgan fingerprint density at radius 1 is 1.11 bits per heavy atom. The SMILES string of the molecule is COc1ccc(CC2CCN(c3cc(O)c4ncsc4c3)CC2)cc1OC. The number of methoxy groups -OCH3 is 2. The van der Waals surface area contributed by atoms with Gasteiger partial charge in [0.25, 0.3) is 0 Å². The van der Waals surface area contributed by atoms with Crippen LogP contribution < -0.4 is 14.4 Å². The van der Waals surface area contributed by atoms with Crippen LogP contribution in [0.15, 0.2) is 35.8 Å². The molecule has 0 saturated carbocycles. The predicted octanol–water partition coefficient (Wildman–Crippen LogP) is 4.48. The van der Waals surface area contributed by atoms with E-state index in [4.69, 9.17) is 9.47 Å². The van der Waals surface area contributed by atoms with E-state index in [9.17, 15) is 5.11 Å². The highest BCUT2D eigenvalue weighted by atomic mass is 32.1. The molecule has 3 aromatic rings. The summed E-state index contributed by atoms with van der Waals surface area (Å²) in [6.45, 7) is 2.00. The molecule has 4 rings (SSSR count). The van der Waals surface area contributed by atoms with Gasteiger partial charge in [-0.2, -0.15) is 0 Å². The molecular formula is C21H24N2O3S. The fourth-order valence-electron chi connectivity index (χ4n) is 3.85. The average Bonchev–Trinajstić information content (AvgIpc) is 3.18. The van der Waals surface area contributed by atoms with E-state index in [0.29, 0.717) is 11.4 Å². The highest BCUT2D eigenvalue weighted by Crippen LogP contribution is 2.35. The lowest BCUT2D eigenvalue weighted by atomic mass is 9.90. The summed E-state index contributed by atoms with van der Waals surface area (Å²) in [5.74, 6) is 2.49. The van der Waals surface area contributed by atoms with Gasteiger partial charge < -0.3 is 19.5 Å². The van der Waals surface area contributed by atoms with Crippen LogP contribution in [0.2, 0.25) is 0 Å². The van der Waals surface area contributed by atoms with Crippen molar-refractivity contribution in [2.24, 2.45) is 5.92 Å². The molecule has 1 N–H and O–H groups in total. The van der Waals surface area contributed by atoms with Crippen molar-refractivity contribution in [2.75, 3.05) is 32.2 Å².